The maximum absolute atomic E-state index is 8.66. The number of hydrogen-bond acceptors (Lipinski definition) is 3. The zero-order chi connectivity index (χ0) is 11.7. The van der Waals surface area contributed by atoms with Crippen molar-refractivity contribution >= 4 is 12.6 Å². The molecule has 0 aliphatic heterocycles. The highest BCUT2D eigenvalue weighted by atomic mass is 32.1. The van der Waals surface area contributed by atoms with Crippen molar-refractivity contribution in [1.82, 2.24) is 4.90 Å². The fourth-order valence-corrected chi connectivity index (χ4v) is 2.18. The van der Waals surface area contributed by atoms with Crippen LogP contribution in [0, 0.1) is 11.8 Å². The van der Waals surface area contributed by atoms with Crippen molar-refractivity contribution in [1.29, 1.82) is 0 Å². The van der Waals surface area contributed by atoms with Crippen LogP contribution in [0.15, 0.2) is 0 Å². The molecule has 0 saturated carbocycles. The molecule has 0 heterocycles. The molecular formula is C12H27NOS. The Labute approximate surface area is 100 Å². The van der Waals surface area contributed by atoms with Crippen molar-refractivity contribution in [2.24, 2.45) is 11.8 Å². The Balaban J connectivity index is 3.57. The van der Waals surface area contributed by atoms with Crippen molar-refractivity contribution in [2.45, 2.75) is 33.1 Å². The average molecular weight is 233 g/mol. The molecule has 0 radical (unpaired) electrons. The number of hydrogen-bond donors (Lipinski definition) is 2. The number of rotatable bonds is 9. The summed E-state index contributed by atoms with van der Waals surface area (Å²) in [6.07, 6.45) is 3.26. The van der Waals surface area contributed by atoms with Crippen LogP contribution >= 0.6 is 12.6 Å². The van der Waals surface area contributed by atoms with E-state index in [9.17, 15) is 0 Å². The van der Waals surface area contributed by atoms with Gasteiger partial charge in [-0.25, -0.2) is 0 Å². The van der Waals surface area contributed by atoms with Gasteiger partial charge in [0.1, 0.15) is 0 Å². The number of thiol groups is 1. The minimum Gasteiger partial charge on any atom is -0.396 e. The largest absolute Gasteiger partial charge is 0.396 e. The number of aliphatic hydroxyl groups excluding tert-OH is 1. The summed E-state index contributed by atoms with van der Waals surface area (Å²) >= 11 is 4.39. The first-order chi connectivity index (χ1) is 7.11. The molecule has 0 amide bonds. The highest BCUT2D eigenvalue weighted by molar-refractivity contribution is 7.80. The summed E-state index contributed by atoms with van der Waals surface area (Å²) in [7, 11) is 2.18. The quantitative estimate of drug-likeness (QED) is 0.471. The first-order valence-corrected chi connectivity index (χ1v) is 6.65. The van der Waals surface area contributed by atoms with Gasteiger partial charge in [0, 0.05) is 13.2 Å². The second kappa shape index (κ2) is 9.49. The second-order valence-electron chi connectivity index (χ2n) is 4.73. The number of aliphatic hydroxyl groups is 1. The highest BCUT2D eigenvalue weighted by Gasteiger charge is 2.13. The number of unbranched alkanes of at least 4 members (excludes halogenated alkanes) is 2. The van der Waals surface area contributed by atoms with E-state index in [4.69, 9.17) is 5.11 Å². The third kappa shape index (κ3) is 8.12. The van der Waals surface area contributed by atoms with Gasteiger partial charge in [0.15, 0.2) is 0 Å². The summed E-state index contributed by atoms with van der Waals surface area (Å²) in [5.74, 6) is 2.37. The smallest absolute Gasteiger partial charge is 0.0431 e. The van der Waals surface area contributed by atoms with E-state index in [-0.39, 0.29) is 0 Å². The van der Waals surface area contributed by atoms with Gasteiger partial charge in [-0.3, -0.25) is 0 Å². The normalized spacial score (nSPS) is 13.8. The Morgan fingerprint density at radius 1 is 1.20 bits per heavy atom. The molecule has 1 unspecified atom stereocenters. The molecule has 0 aliphatic rings. The Hall–Kier alpha value is 0.270. The average Bonchev–Trinajstić information content (AvgIpc) is 2.20. The zero-order valence-electron chi connectivity index (χ0n) is 10.4. The first kappa shape index (κ1) is 15.3. The van der Waals surface area contributed by atoms with Gasteiger partial charge in [-0.15, -0.1) is 0 Å². The molecule has 0 aromatic rings. The molecule has 0 aromatic carbocycles. The molecule has 0 fully saturated rings. The monoisotopic (exact) mass is 233 g/mol. The van der Waals surface area contributed by atoms with E-state index in [1.807, 2.05) is 0 Å². The first-order valence-electron chi connectivity index (χ1n) is 6.02. The third-order valence-electron chi connectivity index (χ3n) is 2.92. The van der Waals surface area contributed by atoms with E-state index in [0.717, 1.165) is 31.7 Å². The highest BCUT2D eigenvalue weighted by Crippen LogP contribution is 2.13. The topological polar surface area (TPSA) is 23.5 Å². The summed E-state index contributed by atoms with van der Waals surface area (Å²) < 4.78 is 0. The van der Waals surface area contributed by atoms with Crippen molar-refractivity contribution in [3.8, 4) is 0 Å². The lowest BCUT2D eigenvalue weighted by Crippen LogP contribution is -2.30. The maximum atomic E-state index is 8.66. The molecule has 2 nitrogen and oxygen atoms in total. The van der Waals surface area contributed by atoms with E-state index in [1.165, 1.54) is 6.42 Å². The Morgan fingerprint density at radius 3 is 2.33 bits per heavy atom. The summed E-state index contributed by atoms with van der Waals surface area (Å²) in [5.41, 5.74) is 0. The van der Waals surface area contributed by atoms with Gasteiger partial charge in [-0.2, -0.15) is 12.6 Å². The van der Waals surface area contributed by atoms with Crippen LogP contribution in [0.3, 0.4) is 0 Å². The molecule has 0 rings (SSSR count). The molecule has 92 valence electrons. The molecule has 0 bridgehead atoms. The number of nitrogens with zero attached hydrogens (tertiary/aromatic N) is 1. The minimum atomic E-state index is 0.328. The van der Waals surface area contributed by atoms with Gasteiger partial charge in [0.05, 0.1) is 0 Å². The van der Waals surface area contributed by atoms with E-state index < -0.39 is 0 Å². The summed E-state index contributed by atoms with van der Waals surface area (Å²) in [6, 6.07) is 0. The fourth-order valence-electron chi connectivity index (χ4n) is 1.64. The van der Waals surface area contributed by atoms with Gasteiger partial charge in [-0.05, 0) is 50.4 Å². The van der Waals surface area contributed by atoms with Crippen molar-refractivity contribution in [2.75, 3.05) is 32.5 Å². The second-order valence-corrected chi connectivity index (χ2v) is 5.10. The van der Waals surface area contributed by atoms with Crippen LogP contribution in [0.4, 0.5) is 0 Å². The van der Waals surface area contributed by atoms with Crippen LogP contribution in [0.2, 0.25) is 0 Å². The molecule has 0 aromatic heterocycles. The Kier molecular flexibility index (Phi) is 9.66. The molecular weight excluding hydrogens is 206 g/mol. The SMILES string of the molecule is CC(C)C(CS)CN(C)CCCCCO. The van der Waals surface area contributed by atoms with Crippen molar-refractivity contribution in [3.63, 3.8) is 0 Å². The van der Waals surface area contributed by atoms with E-state index in [2.05, 4.69) is 38.4 Å². The fraction of sp³-hybridized carbons (Fsp3) is 1.00. The maximum Gasteiger partial charge on any atom is 0.0431 e. The molecule has 1 N–H and O–H groups in total. The van der Waals surface area contributed by atoms with Crippen LogP contribution in [0.25, 0.3) is 0 Å². The van der Waals surface area contributed by atoms with E-state index in [1.54, 1.807) is 0 Å². The van der Waals surface area contributed by atoms with Crippen molar-refractivity contribution in [3.05, 3.63) is 0 Å². The van der Waals surface area contributed by atoms with Crippen molar-refractivity contribution < 1.29 is 5.11 Å². The van der Waals surface area contributed by atoms with Crippen LogP contribution in [-0.2, 0) is 0 Å². The van der Waals surface area contributed by atoms with Crippen LogP contribution in [-0.4, -0.2) is 42.5 Å². The van der Waals surface area contributed by atoms with E-state index in [0.29, 0.717) is 18.4 Å². The lowest BCUT2D eigenvalue weighted by molar-refractivity contribution is 0.241. The Bertz CT molecular complexity index is 142. The van der Waals surface area contributed by atoms with Crippen LogP contribution in [0.5, 0.6) is 0 Å². The predicted octanol–water partition coefficient (Wildman–Crippen LogP) is 2.28. The lowest BCUT2D eigenvalue weighted by atomic mass is 9.97. The van der Waals surface area contributed by atoms with E-state index >= 15 is 0 Å². The Morgan fingerprint density at radius 2 is 1.87 bits per heavy atom. The molecule has 0 aliphatic carbocycles. The van der Waals surface area contributed by atoms with Gasteiger partial charge in [-0.1, -0.05) is 13.8 Å². The molecule has 0 spiro atoms. The molecule has 0 saturated heterocycles. The molecule has 15 heavy (non-hydrogen) atoms. The van der Waals surface area contributed by atoms with Gasteiger partial charge >= 0.3 is 0 Å². The lowest BCUT2D eigenvalue weighted by Gasteiger charge is -2.25. The minimum absolute atomic E-state index is 0.328. The van der Waals surface area contributed by atoms with Gasteiger partial charge < -0.3 is 10.0 Å². The van der Waals surface area contributed by atoms with Crippen LogP contribution in [0.1, 0.15) is 33.1 Å². The standard InChI is InChI=1S/C12H27NOS/c1-11(2)12(10-15)9-13(3)7-5-4-6-8-14/h11-12,14-15H,4-10H2,1-3H3. The third-order valence-corrected chi connectivity index (χ3v) is 3.39. The predicted molar refractivity (Wildman–Crippen MR) is 70.6 cm³/mol. The zero-order valence-corrected chi connectivity index (χ0v) is 11.3. The molecule has 3 heteroatoms. The summed E-state index contributed by atoms with van der Waals surface area (Å²) in [5, 5.41) is 8.66. The molecule has 1 atom stereocenters. The summed E-state index contributed by atoms with van der Waals surface area (Å²) in [6.45, 7) is 7.13. The van der Waals surface area contributed by atoms with Crippen LogP contribution < -0.4 is 0 Å². The summed E-state index contributed by atoms with van der Waals surface area (Å²) in [4.78, 5) is 2.39. The van der Waals surface area contributed by atoms with Gasteiger partial charge in [0.25, 0.3) is 0 Å². The van der Waals surface area contributed by atoms with Gasteiger partial charge in [0.2, 0.25) is 0 Å².